The van der Waals surface area contributed by atoms with E-state index in [1.54, 1.807) is 6.08 Å². The van der Waals surface area contributed by atoms with Gasteiger partial charge in [0.25, 0.3) is 0 Å². The summed E-state index contributed by atoms with van der Waals surface area (Å²) in [6.07, 6.45) is 6.76. The third kappa shape index (κ3) is 1.78. The van der Waals surface area contributed by atoms with E-state index in [2.05, 4.69) is 13.8 Å². The highest BCUT2D eigenvalue weighted by atomic mass is 19.1. The van der Waals surface area contributed by atoms with Crippen LogP contribution in [-0.2, 0) is 4.79 Å². The van der Waals surface area contributed by atoms with Crippen molar-refractivity contribution in [3.05, 3.63) is 11.6 Å². The van der Waals surface area contributed by atoms with Gasteiger partial charge in [0.15, 0.2) is 12.0 Å². The van der Waals surface area contributed by atoms with Gasteiger partial charge < -0.3 is 5.11 Å². The molecule has 4 aliphatic rings. The van der Waals surface area contributed by atoms with E-state index in [1.165, 1.54) is 5.57 Å². The molecule has 3 fully saturated rings. The van der Waals surface area contributed by atoms with E-state index >= 15 is 0 Å². The van der Waals surface area contributed by atoms with E-state index < -0.39 is 6.17 Å². The van der Waals surface area contributed by atoms with Crippen LogP contribution in [0, 0.1) is 28.6 Å². The van der Waals surface area contributed by atoms with Gasteiger partial charge in [-0.25, -0.2) is 4.39 Å². The zero-order chi connectivity index (χ0) is 15.7. The molecule has 4 rings (SSSR count). The van der Waals surface area contributed by atoms with E-state index in [4.69, 9.17) is 0 Å². The number of allylic oxidation sites excluding steroid dienone is 1. The number of hydrogen-bond donors (Lipinski definition) is 1. The Morgan fingerprint density at radius 1 is 1.18 bits per heavy atom. The maximum atomic E-state index is 14.1. The number of halogens is 1. The lowest BCUT2D eigenvalue weighted by Gasteiger charge is -2.57. The van der Waals surface area contributed by atoms with Gasteiger partial charge in [-0.2, -0.15) is 0 Å². The number of carbonyl (C=O) groups is 1. The molecular weight excluding hydrogens is 279 g/mol. The van der Waals surface area contributed by atoms with Gasteiger partial charge in [0, 0.05) is 0 Å². The topological polar surface area (TPSA) is 37.3 Å². The summed E-state index contributed by atoms with van der Waals surface area (Å²) in [6, 6.07) is 0. The minimum Gasteiger partial charge on any atom is -0.393 e. The molecule has 2 nitrogen and oxygen atoms in total. The van der Waals surface area contributed by atoms with E-state index in [1.807, 2.05) is 0 Å². The van der Waals surface area contributed by atoms with E-state index in [9.17, 15) is 14.3 Å². The Hall–Kier alpha value is -0.700. The zero-order valence-corrected chi connectivity index (χ0v) is 13.6. The van der Waals surface area contributed by atoms with Gasteiger partial charge in [-0.3, -0.25) is 4.79 Å². The van der Waals surface area contributed by atoms with Crippen molar-refractivity contribution in [1.29, 1.82) is 0 Å². The maximum Gasteiger partial charge on any atom is 0.189 e. The number of rotatable bonds is 0. The Bertz CT molecular complexity index is 542. The first-order valence-electron chi connectivity index (χ1n) is 8.93. The maximum absolute atomic E-state index is 14.1. The number of hydrogen-bond acceptors (Lipinski definition) is 2. The average molecular weight is 306 g/mol. The Morgan fingerprint density at radius 2 is 1.95 bits per heavy atom. The third-order valence-corrected chi connectivity index (χ3v) is 7.91. The Labute approximate surface area is 132 Å². The van der Waals surface area contributed by atoms with Gasteiger partial charge in [0.1, 0.15) is 0 Å². The molecule has 0 aliphatic heterocycles. The van der Waals surface area contributed by atoms with Gasteiger partial charge in [0.05, 0.1) is 6.10 Å². The number of alkyl halides is 1. The summed E-state index contributed by atoms with van der Waals surface area (Å²) in [5, 5.41) is 10.4. The predicted octanol–water partition coefficient (Wildman–Crippen LogP) is 3.83. The van der Waals surface area contributed by atoms with Crippen molar-refractivity contribution in [3.63, 3.8) is 0 Å². The second-order valence-corrected chi connectivity index (χ2v) is 8.71. The van der Waals surface area contributed by atoms with Crippen LogP contribution in [0.4, 0.5) is 4.39 Å². The molecule has 0 saturated heterocycles. The Balaban J connectivity index is 1.70. The van der Waals surface area contributed by atoms with Crippen molar-refractivity contribution in [2.24, 2.45) is 28.6 Å². The van der Waals surface area contributed by atoms with Gasteiger partial charge in [-0.05, 0) is 79.6 Å². The van der Waals surface area contributed by atoms with Crippen LogP contribution >= 0.6 is 0 Å². The summed E-state index contributed by atoms with van der Waals surface area (Å²) < 4.78 is 14.1. The summed E-state index contributed by atoms with van der Waals surface area (Å²) in [4.78, 5) is 11.7. The van der Waals surface area contributed by atoms with Crippen molar-refractivity contribution < 1.29 is 14.3 Å². The first kappa shape index (κ1) is 14.9. The molecule has 7 atom stereocenters. The van der Waals surface area contributed by atoms with Crippen molar-refractivity contribution in [2.45, 2.75) is 71.1 Å². The molecule has 0 amide bonds. The fourth-order valence-corrected chi connectivity index (χ4v) is 6.55. The fourth-order valence-electron chi connectivity index (χ4n) is 6.55. The van der Waals surface area contributed by atoms with Crippen LogP contribution in [-0.4, -0.2) is 23.2 Å². The number of aliphatic hydroxyl groups excluding tert-OH is 1. The van der Waals surface area contributed by atoms with Crippen molar-refractivity contribution >= 4 is 5.78 Å². The third-order valence-electron chi connectivity index (χ3n) is 7.91. The minimum absolute atomic E-state index is 0.0678. The van der Waals surface area contributed by atoms with Gasteiger partial charge in [-0.1, -0.05) is 19.4 Å². The monoisotopic (exact) mass is 306 g/mol. The molecule has 3 saturated carbocycles. The molecule has 0 heterocycles. The Morgan fingerprint density at radius 3 is 2.73 bits per heavy atom. The number of ketones is 1. The van der Waals surface area contributed by atoms with Crippen molar-refractivity contribution in [1.82, 2.24) is 0 Å². The SMILES string of the molecule is CC12C[C@@H](F)C(=O)C=C1CCC1C2CCC2(C)C(O)CCC12. The molecule has 1 N–H and O–H groups in total. The summed E-state index contributed by atoms with van der Waals surface area (Å²) >= 11 is 0. The van der Waals surface area contributed by atoms with Gasteiger partial charge >= 0.3 is 0 Å². The van der Waals surface area contributed by atoms with Gasteiger partial charge in [0.2, 0.25) is 0 Å². The van der Waals surface area contributed by atoms with Crippen LogP contribution in [0.2, 0.25) is 0 Å². The highest BCUT2D eigenvalue weighted by Crippen LogP contribution is 2.65. The molecule has 6 unspecified atom stereocenters. The van der Waals surface area contributed by atoms with E-state index in [-0.39, 0.29) is 22.7 Å². The normalized spacial score (nSPS) is 54.3. The van der Waals surface area contributed by atoms with Crippen molar-refractivity contribution in [3.8, 4) is 0 Å². The lowest BCUT2D eigenvalue weighted by Crippen LogP contribution is -2.52. The lowest BCUT2D eigenvalue weighted by molar-refractivity contribution is -0.124. The van der Waals surface area contributed by atoms with E-state index in [0.717, 1.165) is 38.5 Å². The molecule has 22 heavy (non-hydrogen) atoms. The molecule has 0 spiro atoms. The Kier molecular flexibility index (Phi) is 3.15. The first-order valence-corrected chi connectivity index (χ1v) is 8.93. The average Bonchev–Trinajstić information content (AvgIpc) is 2.77. The molecular formula is C19H27FO2. The second-order valence-electron chi connectivity index (χ2n) is 8.71. The number of aliphatic hydroxyl groups is 1. The van der Waals surface area contributed by atoms with Crippen LogP contribution in [0.25, 0.3) is 0 Å². The number of carbonyl (C=O) groups excluding carboxylic acids is 1. The molecule has 0 aromatic heterocycles. The summed E-state index contributed by atoms with van der Waals surface area (Å²) in [7, 11) is 0. The van der Waals surface area contributed by atoms with Gasteiger partial charge in [-0.15, -0.1) is 0 Å². The van der Waals surface area contributed by atoms with Crippen LogP contribution in [0.3, 0.4) is 0 Å². The summed E-state index contributed by atoms with van der Waals surface area (Å²) in [5.74, 6) is 1.35. The summed E-state index contributed by atoms with van der Waals surface area (Å²) in [5.41, 5.74) is 1.14. The lowest BCUT2D eigenvalue weighted by atomic mass is 9.47. The molecule has 4 aliphatic carbocycles. The molecule has 122 valence electrons. The fraction of sp³-hybridized carbons (Fsp3) is 0.842. The highest BCUT2D eigenvalue weighted by molar-refractivity contribution is 5.95. The quantitative estimate of drug-likeness (QED) is 0.738. The van der Waals surface area contributed by atoms with Crippen LogP contribution in [0.15, 0.2) is 11.6 Å². The predicted molar refractivity (Wildman–Crippen MR) is 83.0 cm³/mol. The second kappa shape index (κ2) is 4.66. The molecule has 0 aromatic rings. The zero-order valence-electron chi connectivity index (χ0n) is 13.6. The number of fused-ring (bicyclic) bond motifs is 5. The summed E-state index contributed by atoms with van der Waals surface area (Å²) in [6.45, 7) is 4.46. The molecule has 0 radical (unpaired) electrons. The molecule has 3 heteroatoms. The van der Waals surface area contributed by atoms with Crippen molar-refractivity contribution in [2.75, 3.05) is 0 Å². The largest absolute Gasteiger partial charge is 0.393 e. The van der Waals surface area contributed by atoms with Crippen LogP contribution < -0.4 is 0 Å². The van der Waals surface area contributed by atoms with E-state index in [0.29, 0.717) is 24.2 Å². The first-order chi connectivity index (χ1) is 10.4. The standard InChI is InChI=1S/C19H27FO2/c1-18-8-7-14-12(13(18)5-6-17(18)22)4-3-11-9-16(21)15(20)10-19(11,14)2/h9,12-15,17,22H,3-8,10H2,1-2H3/t12?,13?,14?,15-,17?,18?,19?/m1/s1. The van der Waals surface area contributed by atoms with Crippen LogP contribution in [0.1, 0.15) is 58.8 Å². The molecule has 0 bridgehead atoms. The molecule has 0 aromatic carbocycles. The minimum atomic E-state index is -1.31. The van der Waals surface area contributed by atoms with Crippen LogP contribution in [0.5, 0.6) is 0 Å². The smallest absolute Gasteiger partial charge is 0.189 e. The highest BCUT2D eigenvalue weighted by Gasteiger charge is 2.59.